The van der Waals surface area contributed by atoms with Crippen molar-refractivity contribution >= 4 is 40.4 Å². The molecule has 0 saturated heterocycles. The Morgan fingerprint density at radius 2 is 2.18 bits per heavy atom. The van der Waals surface area contributed by atoms with Crippen LogP contribution in [0, 0.1) is 0 Å². The average molecular weight is 287 g/mol. The molecule has 0 aliphatic heterocycles. The molecule has 0 spiro atoms. The van der Waals surface area contributed by atoms with E-state index >= 15 is 0 Å². The molecule has 0 aromatic carbocycles. The molecule has 0 aliphatic rings. The van der Waals surface area contributed by atoms with Gasteiger partial charge in [0.15, 0.2) is 0 Å². The summed E-state index contributed by atoms with van der Waals surface area (Å²) in [7, 11) is 0. The Bertz CT molecular complexity index is 542. The summed E-state index contributed by atoms with van der Waals surface area (Å²) in [5, 5.41) is 3.11. The Kier molecular flexibility index (Phi) is 3.99. The number of nitrogens with one attached hydrogen (secondary N) is 1. The van der Waals surface area contributed by atoms with Crippen LogP contribution in [0.5, 0.6) is 0 Å². The van der Waals surface area contributed by atoms with E-state index in [1.54, 1.807) is 12.1 Å². The van der Waals surface area contributed by atoms with Gasteiger partial charge in [-0.3, -0.25) is 9.78 Å². The highest BCUT2D eigenvalue weighted by atomic mass is 35.5. The molecular weight excluding hydrogens is 279 g/mol. The van der Waals surface area contributed by atoms with Gasteiger partial charge in [-0.05, 0) is 18.2 Å². The normalized spacial score (nSPS) is 10.2. The highest BCUT2D eigenvalue weighted by molar-refractivity contribution is 7.16. The fourth-order valence-corrected chi connectivity index (χ4v) is 2.50. The number of carbonyl (C=O) groups excluding carboxylic acids is 1. The van der Waals surface area contributed by atoms with E-state index in [-0.39, 0.29) is 5.91 Å². The summed E-state index contributed by atoms with van der Waals surface area (Å²) >= 11 is 13.1. The molecule has 3 nitrogen and oxygen atoms in total. The fourth-order valence-electron chi connectivity index (χ4n) is 1.27. The molecule has 0 saturated carbocycles. The lowest BCUT2D eigenvalue weighted by Crippen LogP contribution is -2.22. The summed E-state index contributed by atoms with van der Waals surface area (Å²) in [6.07, 6.45) is 2.97. The van der Waals surface area contributed by atoms with Crippen LogP contribution in [-0.2, 0) is 6.54 Å². The second kappa shape index (κ2) is 5.49. The van der Waals surface area contributed by atoms with E-state index in [9.17, 15) is 4.79 Å². The third-order valence-corrected chi connectivity index (χ3v) is 3.60. The van der Waals surface area contributed by atoms with E-state index < -0.39 is 0 Å². The van der Waals surface area contributed by atoms with Crippen LogP contribution in [0.1, 0.15) is 15.2 Å². The van der Waals surface area contributed by atoms with Crippen LogP contribution in [0.4, 0.5) is 0 Å². The van der Waals surface area contributed by atoms with Gasteiger partial charge >= 0.3 is 0 Å². The van der Waals surface area contributed by atoms with E-state index in [1.807, 2.05) is 6.07 Å². The van der Waals surface area contributed by atoms with Gasteiger partial charge in [-0.2, -0.15) is 0 Å². The minimum absolute atomic E-state index is 0.220. The number of hydrogen-bond donors (Lipinski definition) is 1. The predicted octanol–water partition coefficient (Wildman–Crippen LogP) is 3.38. The summed E-state index contributed by atoms with van der Waals surface area (Å²) in [5.41, 5.74) is 0.421. The van der Waals surface area contributed by atoms with Crippen molar-refractivity contribution in [1.29, 1.82) is 0 Å². The van der Waals surface area contributed by atoms with Crippen molar-refractivity contribution in [3.63, 3.8) is 0 Å². The molecule has 17 heavy (non-hydrogen) atoms. The average Bonchev–Trinajstić information content (AvgIpc) is 2.73. The van der Waals surface area contributed by atoms with Crippen LogP contribution in [-0.4, -0.2) is 10.9 Å². The maximum Gasteiger partial charge on any atom is 0.253 e. The number of halogens is 2. The lowest BCUT2D eigenvalue weighted by molar-refractivity contribution is 0.0951. The molecule has 2 aromatic rings. The number of carbonyl (C=O) groups is 1. The van der Waals surface area contributed by atoms with E-state index in [0.717, 1.165) is 4.88 Å². The Labute approximate surface area is 112 Å². The number of aromatic nitrogens is 1. The fraction of sp³-hybridized carbons (Fsp3) is 0.0909. The van der Waals surface area contributed by atoms with Crippen molar-refractivity contribution in [3.8, 4) is 0 Å². The number of rotatable bonds is 3. The molecule has 2 rings (SSSR count). The number of thiophene rings is 1. The molecule has 2 heterocycles. The molecule has 0 unspecified atom stereocenters. The molecule has 0 fully saturated rings. The monoisotopic (exact) mass is 286 g/mol. The van der Waals surface area contributed by atoms with Gasteiger partial charge < -0.3 is 5.32 Å². The molecule has 1 N–H and O–H groups in total. The van der Waals surface area contributed by atoms with Crippen LogP contribution < -0.4 is 5.32 Å². The molecule has 6 heteroatoms. The first-order chi connectivity index (χ1) is 8.16. The number of nitrogens with zero attached hydrogens (tertiary/aromatic N) is 1. The third-order valence-electron chi connectivity index (χ3n) is 2.07. The molecule has 2 aromatic heterocycles. The zero-order valence-electron chi connectivity index (χ0n) is 8.61. The van der Waals surface area contributed by atoms with Crippen LogP contribution in [0.25, 0.3) is 0 Å². The zero-order chi connectivity index (χ0) is 12.3. The molecule has 0 aliphatic carbocycles. The SMILES string of the molecule is O=C(NCc1ccc(Cl)s1)c1ccncc1Cl. The van der Waals surface area contributed by atoms with Gasteiger partial charge in [0.2, 0.25) is 0 Å². The summed E-state index contributed by atoms with van der Waals surface area (Å²) in [4.78, 5) is 16.6. The Hall–Kier alpha value is -1.10. The smallest absolute Gasteiger partial charge is 0.253 e. The Morgan fingerprint density at radius 1 is 1.35 bits per heavy atom. The van der Waals surface area contributed by atoms with E-state index in [2.05, 4.69) is 10.3 Å². The van der Waals surface area contributed by atoms with Crippen LogP contribution in [0.2, 0.25) is 9.36 Å². The molecule has 0 radical (unpaired) electrons. The van der Waals surface area contributed by atoms with E-state index in [4.69, 9.17) is 23.2 Å². The third kappa shape index (κ3) is 3.19. The van der Waals surface area contributed by atoms with Crippen molar-refractivity contribution in [2.45, 2.75) is 6.54 Å². The van der Waals surface area contributed by atoms with Gasteiger partial charge in [-0.25, -0.2) is 0 Å². The lowest BCUT2D eigenvalue weighted by atomic mass is 10.2. The summed E-state index contributed by atoms with van der Waals surface area (Å²) < 4.78 is 0.705. The molecular formula is C11H8Cl2N2OS. The van der Waals surface area contributed by atoms with Gasteiger partial charge in [0, 0.05) is 17.3 Å². The van der Waals surface area contributed by atoms with Crippen molar-refractivity contribution in [2.24, 2.45) is 0 Å². The van der Waals surface area contributed by atoms with Gasteiger partial charge in [0.25, 0.3) is 5.91 Å². The summed E-state index contributed by atoms with van der Waals surface area (Å²) in [6.45, 7) is 0.439. The molecule has 0 bridgehead atoms. The topological polar surface area (TPSA) is 42.0 Å². The first-order valence-corrected chi connectivity index (χ1v) is 6.36. The quantitative estimate of drug-likeness (QED) is 0.940. The lowest BCUT2D eigenvalue weighted by Gasteiger charge is -2.04. The van der Waals surface area contributed by atoms with Gasteiger partial charge in [-0.15, -0.1) is 11.3 Å². The Morgan fingerprint density at radius 3 is 2.82 bits per heavy atom. The Balaban J connectivity index is 2.01. The molecule has 0 atom stereocenters. The van der Waals surface area contributed by atoms with Crippen molar-refractivity contribution < 1.29 is 4.79 Å². The summed E-state index contributed by atoms with van der Waals surface area (Å²) in [6, 6.07) is 5.26. The predicted molar refractivity (Wildman–Crippen MR) is 69.7 cm³/mol. The van der Waals surface area contributed by atoms with Crippen molar-refractivity contribution in [1.82, 2.24) is 10.3 Å². The van der Waals surface area contributed by atoms with Crippen LogP contribution in [0.15, 0.2) is 30.6 Å². The van der Waals surface area contributed by atoms with Crippen molar-refractivity contribution in [3.05, 3.63) is 50.4 Å². The minimum Gasteiger partial charge on any atom is -0.347 e. The van der Waals surface area contributed by atoms with E-state index in [1.165, 1.54) is 23.7 Å². The maximum atomic E-state index is 11.8. The van der Waals surface area contributed by atoms with E-state index in [0.29, 0.717) is 21.5 Å². The first kappa shape index (κ1) is 12.4. The second-order valence-corrected chi connectivity index (χ2v) is 5.45. The summed E-state index contributed by atoms with van der Waals surface area (Å²) in [5.74, 6) is -0.220. The largest absolute Gasteiger partial charge is 0.347 e. The van der Waals surface area contributed by atoms with Crippen molar-refractivity contribution in [2.75, 3.05) is 0 Å². The standard InChI is InChI=1S/C11H8Cl2N2OS/c12-9-6-14-4-3-8(9)11(16)15-5-7-1-2-10(13)17-7/h1-4,6H,5H2,(H,15,16). The molecule has 88 valence electrons. The second-order valence-electron chi connectivity index (χ2n) is 3.24. The number of hydrogen-bond acceptors (Lipinski definition) is 3. The first-order valence-electron chi connectivity index (χ1n) is 4.79. The molecule has 1 amide bonds. The highest BCUT2D eigenvalue weighted by Gasteiger charge is 2.09. The number of pyridine rings is 1. The minimum atomic E-state index is -0.220. The number of amides is 1. The zero-order valence-corrected chi connectivity index (χ0v) is 10.9. The van der Waals surface area contributed by atoms with Crippen LogP contribution >= 0.6 is 34.5 Å². The van der Waals surface area contributed by atoms with Gasteiger partial charge in [-0.1, -0.05) is 23.2 Å². The van der Waals surface area contributed by atoms with Gasteiger partial charge in [0.1, 0.15) is 0 Å². The van der Waals surface area contributed by atoms with Gasteiger partial charge in [0.05, 0.1) is 21.5 Å². The maximum absolute atomic E-state index is 11.8. The van der Waals surface area contributed by atoms with Crippen LogP contribution in [0.3, 0.4) is 0 Å². The highest BCUT2D eigenvalue weighted by Crippen LogP contribution is 2.21.